The van der Waals surface area contributed by atoms with Crippen molar-refractivity contribution in [3.05, 3.63) is 26.2 Å². The van der Waals surface area contributed by atoms with Gasteiger partial charge in [0, 0.05) is 6.54 Å². The van der Waals surface area contributed by atoms with Gasteiger partial charge >= 0.3 is 0 Å². The molecule has 1 aromatic rings. The molecule has 2 rings (SSSR count). The van der Waals surface area contributed by atoms with E-state index in [1.54, 1.807) is 18.2 Å². The van der Waals surface area contributed by atoms with Crippen molar-refractivity contribution in [2.75, 3.05) is 13.7 Å². The monoisotopic (exact) mass is 447 g/mol. The Kier molecular flexibility index (Phi) is 6.34. The Bertz CT molecular complexity index is 660. The molecule has 1 aromatic carbocycles. The number of amides is 2. The molecule has 7 heteroatoms. The molecular formula is C16H18INO4S. The number of nitrogens with zero attached hydrogens (tertiary/aromatic N) is 1. The lowest BCUT2D eigenvalue weighted by Gasteiger charge is -2.11. The number of aromatic hydroxyl groups is 1. The summed E-state index contributed by atoms with van der Waals surface area (Å²) in [6.07, 6.45) is 4.52. The maximum Gasteiger partial charge on any atom is 0.293 e. The van der Waals surface area contributed by atoms with Gasteiger partial charge in [-0.2, -0.15) is 0 Å². The number of phenolic OH excluding ortho intramolecular Hbond substituents is 1. The van der Waals surface area contributed by atoms with E-state index in [2.05, 4.69) is 6.92 Å². The van der Waals surface area contributed by atoms with Gasteiger partial charge in [0.1, 0.15) is 0 Å². The molecule has 0 aliphatic carbocycles. The molecule has 5 nitrogen and oxygen atoms in total. The smallest absolute Gasteiger partial charge is 0.293 e. The number of halogens is 1. The van der Waals surface area contributed by atoms with Crippen LogP contribution in [-0.4, -0.2) is 34.8 Å². The molecule has 1 saturated heterocycles. The minimum Gasteiger partial charge on any atom is -0.504 e. The van der Waals surface area contributed by atoms with Crippen LogP contribution in [0.2, 0.25) is 0 Å². The summed E-state index contributed by atoms with van der Waals surface area (Å²) in [5.41, 5.74) is 0.711. The largest absolute Gasteiger partial charge is 0.504 e. The molecule has 1 aliphatic heterocycles. The van der Waals surface area contributed by atoms with Crippen molar-refractivity contribution in [1.82, 2.24) is 4.90 Å². The third-order valence-corrected chi connectivity index (χ3v) is 5.16. The van der Waals surface area contributed by atoms with Gasteiger partial charge in [0.15, 0.2) is 11.5 Å². The number of ether oxygens (including phenoxy) is 1. The van der Waals surface area contributed by atoms with E-state index in [1.807, 2.05) is 22.6 Å². The third kappa shape index (κ3) is 4.20. The van der Waals surface area contributed by atoms with E-state index in [9.17, 15) is 14.7 Å². The second kappa shape index (κ2) is 8.05. The predicted molar refractivity (Wildman–Crippen MR) is 99.6 cm³/mol. The molecule has 1 aliphatic rings. The number of phenols is 1. The van der Waals surface area contributed by atoms with E-state index >= 15 is 0 Å². The first-order chi connectivity index (χ1) is 11.0. The number of carbonyl (C=O) groups is 2. The summed E-state index contributed by atoms with van der Waals surface area (Å²) in [5.74, 6) is 0.154. The third-order valence-electron chi connectivity index (χ3n) is 3.43. The van der Waals surface area contributed by atoms with Crippen LogP contribution in [0.3, 0.4) is 0 Å². The Morgan fingerprint density at radius 3 is 2.74 bits per heavy atom. The molecule has 0 aromatic heterocycles. The highest BCUT2D eigenvalue weighted by Crippen LogP contribution is 2.36. The van der Waals surface area contributed by atoms with Crippen molar-refractivity contribution < 1.29 is 19.4 Å². The summed E-state index contributed by atoms with van der Waals surface area (Å²) >= 11 is 2.94. The van der Waals surface area contributed by atoms with Gasteiger partial charge < -0.3 is 9.84 Å². The Balaban J connectivity index is 2.22. The maximum atomic E-state index is 12.4. The summed E-state index contributed by atoms with van der Waals surface area (Å²) < 4.78 is 5.73. The molecule has 1 fully saturated rings. The average molecular weight is 447 g/mol. The van der Waals surface area contributed by atoms with Crippen molar-refractivity contribution in [1.29, 1.82) is 0 Å². The normalized spacial score (nSPS) is 16.5. The zero-order valence-electron chi connectivity index (χ0n) is 13.0. The topological polar surface area (TPSA) is 66.8 Å². The van der Waals surface area contributed by atoms with Crippen LogP contribution in [0.4, 0.5) is 4.79 Å². The lowest BCUT2D eigenvalue weighted by molar-refractivity contribution is -0.122. The zero-order valence-corrected chi connectivity index (χ0v) is 15.9. The number of hydrogen-bond acceptors (Lipinski definition) is 5. The molecule has 0 unspecified atom stereocenters. The molecule has 124 valence electrons. The van der Waals surface area contributed by atoms with Gasteiger partial charge in [-0.25, -0.2) is 0 Å². The van der Waals surface area contributed by atoms with Crippen LogP contribution in [0.1, 0.15) is 31.7 Å². The molecule has 0 bridgehead atoms. The van der Waals surface area contributed by atoms with E-state index < -0.39 is 0 Å². The van der Waals surface area contributed by atoms with Crippen LogP contribution >= 0.6 is 34.4 Å². The number of carbonyl (C=O) groups excluding carboxylic acids is 2. The van der Waals surface area contributed by atoms with Crippen molar-refractivity contribution >= 4 is 51.6 Å². The Hall–Kier alpha value is -1.22. The van der Waals surface area contributed by atoms with E-state index in [0.29, 0.717) is 26.3 Å². The second-order valence-electron chi connectivity index (χ2n) is 5.09. The molecule has 0 atom stereocenters. The van der Waals surface area contributed by atoms with Crippen LogP contribution in [0.5, 0.6) is 11.5 Å². The Morgan fingerprint density at radius 2 is 2.09 bits per heavy atom. The van der Waals surface area contributed by atoms with Gasteiger partial charge in [0.2, 0.25) is 0 Å². The summed E-state index contributed by atoms with van der Waals surface area (Å²) in [5, 5.41) is 9.63. The fourth-order valence-corrected chi connectivity index (χ4v) is 3.69. The highest BCUT2D eigenvalue weighted by molar-refractivity contribution is 14.1. The molecule has 1 heterocycles. The lowest BCUT2D eigenvalue weighted by Crippen LogP contribution is -2.29. The fraction of sp³-hybridized carbons (Fsp3) is 0.375. The molecular weight excluding hydrogens is 429 g/mol. The van der Waals surface area contributed by atoms with Crippen molar-refractivity contribution in [2.24, 2.45) is 0 Å². The van der Waals surface area contributed by atoms with Gasteiger partial charge in [0.05, 0.1) is 15.6 Å². The van der Waals surface area contributed by atoms with E-state index in [-0.39, 0.29) is 16.9 Å². The van der Waals surface area contributed by atoms with E-state index in [0.717, 1.165) is 31.0 Å². The molecule has 2 amide bonds. The summed E-state index contributed by atoms with van der Waals surface area (Å²) in [4.78, 5) is 26.0. The first kappa shape index (κ1) is 18.1. The predicted octanol–water partition coefficient (Wildman–Crippen LogP) is 4.23. The lowest BCUT2D eigenvalue weighted by atomic mass is 10.2. The summed E-state index contributed by atoms with van der Waals surface area (Å²) in [7, 11) is 1.47. The van der Waals surface area contributed by atoms with E-state index in [4.69, 9.17) is 4.74 Å². The average Bonchev–Trinajstić information content (AvgIpc) is 2.78. The summed E-state index contributed by atoms with van der Waals surface area (Å²) in [6, 6.07) is 3.38. The first-order valence-electron chi connectivity index (χ1n) is 7.29. The fourth-order valence-electron chi connectivity index (χ4n) is 2.20. The van der Waals surface area contributed by atoms with Crippen LogP contribution in [0.15, 0.2) is 17.0 Å². The standard InChI is InChI=1S/C16H18INO4S/c1-3-4-5-6-18-15(20)13(23-16(18)21)9-10-7-11(17)14(19)12(8-10)22-2/h7-9,19H,3-6H2,1-2H3/b13-9-. The number of imide groups is 1. The van der Waals surface area contributed by atoms with Crippen LogP contribution in [-0.2, 0) is 4.79 Å². The minimum absolute atomic E-state index is 0.0675. The molecule has 1 N–H and O–H groups in total. The molecule has 0 spiro atoms. The van der Waals surface area contributed by atoms with Crippen molar-refractivity contribution in [2.45, 2.75) is 26.2 Å². The maximum absolute atomic E-state index is 12.4. The van der Waals surface area contributed by atoms with Gasteiger partial charge in [-0.1, -0.05) is 19.8 Å². The highest BCUT2D eigenvalue weighted by atomic mass is 127. The number of hydrogen-bond donors (Lipinski definition) is 1. The number of unbranched alkanes of at least 4 members (excludes halogenated alkanes) is 2. The van der Waals surface area contributed by atoms with Crippen LogP contribution in [0.25, 0.3) is 6.08 Å². The summed E-state index contributed by atoms with van der Waals surface area (Å²) in [6.45, 7) is 2.54. The second-order valence-corrected chi connectivity index (χ2v) is 7.25. The van der Waals surface area contributed by atoms with Gasteiger partial charge in [-0.3, -0.25) is 14.5 Å². The number of methoxy groups -OCH3 is 1. The van der Waals surface area contributed by atoms with Crippen molar-refractivity contribution in [3.8, 4) is 11.5 Å². The first-order valence-corrected chi connectivity index (χ1v) is 9.19. The highest BCUT2D eigenvalue weighted by Gasteiger charge is 2.34. The number of rotatable bonds is 6. The SMILES string of the molecule is CCCCCN1C(=O)S/C(=C\c2cc(I)c(O)c(OC)c2)C1=O. The van der Waals surface area contributed by atoms with Crippen molar-refractivity contribution in [3.63, 3.8) is 0 Å². The Morgan fingerprint density at radius 1 is 1.35 bits per heavy atom. The zero-order chi connectivity index (χ0) is 17.0. The Labute approximate surface area is 153 Å². The number of benzene rings is 1. The number of thioether (sulfide) groups is 1. The van der Waals surface area contributed by atoms with Gasteiger partial charge in [-0.15, -0.1) is 0 Å². The molecule has 0 radical (unpaired) electrons. The van der Waals surface area contributed by atoms with E-state index in [1.165, 1.54) is 12.0 Å². The van der Waals surface area contributed by atoms with Gasteiger partial charge in [0.25, 0.3) is 11.1 Å². The quantitative estimate of drug-likeness (QED) is 0.402. The van der Waals surface area contributed by atoms with Crippen LogP contribution in [0, 0.1) is 3.57 Å². The molecule has 0 saturated carbocycles. The molecule has 23 heavy (non-hydrogen) atoms. The minimum atomic E-state index is -0.252. The van der Waals surface area contributed by atoms with Crippen LogP contribution < -0.4 is 4.74 Å². The van der Waals surface area contributed by atoms with Gasteiger partial charge in [-0.05, 0) is 64.5 Å².